The summed E-state index contributed by atoms with van der Waals surface area (Å²) < 4.78 is 28.8. The van der Waals surface area contributed by atoms with Crippen molar-refractivity contribution in [2.75, 3.05) is 26.2 Å². The third-order valence-corrected chi connectivity index (χ3v) is 3.26. The van der Waals surface area contributed by atoms with Crippen LogP contribution in [0.5, 0.6) is 5.75 Å². The second kappa shape index (κ2) is 7.62. The summed E-state index contributed by atoms with van der Waals surface area (Å²) in [5, 5.41) is 3.29. The summed E-state index contributed by atoms with van der Waals surface area (Å²) in [6.07, 6.45) is 0. The lowest BCUT2D eigenvalue weighted by Crippen LogP contribution is -2.44. The molecule has 1 aromatic rings. The monoisotopic (exact) mass is 292 g/mol. The molecule has 2 rings (SSSR count). The first-order chi connectivity index (χ1) is 8.66. The van der Waals surface area contributed by atoms with Crippen molar-refractivity contribution in [1.29, 1.82) is 0 Å². The minimum Gasteiger partial charge on any atom is -0.435 e. The van der Waals surface area contributed by atoms with Gasteiger partial charge in [-0.1, -0.05) is 12.1 Å². The highest BCUT2D eigenvalue weighted by Crippen LogP contribution is 2.24. The van der Waals surface area contributed by atoms with Gasteiger partial charge in [0.05, 0.1) is 0 Å². The zero-order chi connectivity index (χ0) is 13.0. The molecule has 0 spiro atoms. The molecule has 1 aliphatic rings. The van der Waals surface area contributed by atoms with Crippen molar-refractivity contribution in [3.05, 3.63) is 29.8 Å². The third-order valence-electron chi connectivity index (χ3n) is 3.26. The Balaban J connectivity index is 0.00000180. The molecule has 108 valence electrons. The van der Waals surface area contributed by atoms with E-state index in [1.54, 1.807) is 18.2 Å². The number of rotatable bonds is 4. The zero-order valence-corrected chi connectivity index (χ0v) is 11.6. The maximum atomic E-state index is 12.2. The Kier molecular flexibility index (Phi) is 6.48. The molecule has 0 aromatic heterocycles. The van der Waals surface area contributed by atoms with E-state index in [2.05, 4.69) is 21.9 Å². The van der Waals surface area contributed by atoms with E-state index in [-0.39, 0.29) is 24.2 Å². The first kappa shape index (κ1) is 16.1. The van der Waals surface area contributed by atoms with E-state index in [1.807, 2.05) is 6.07 Å². The smallest absolute Gasteiger partial charge is 0.387 e. The topological polar surface area (TPSA) is 24.5 Å². The number of hydrogen-bond donors (Lipinski definition) is 1. The fourth-order valence-corrected chi connectivity index (χ4v) is 2.23. The first-order valence-corrected chi connectivity index (χ1v) is 6.16. The van der Waals surface area contributed by atoms with E-state index in [1.165, 1.54) is 0 Å². The molecular weight excluding hydrogens is 274 g/mol. The van der Waals surface area contributed by atoms with Crippen molar-refractivity contribution in [2.24, 2.45) is 0 Å². The number of alkyl halides is 2. The van der Waals surface area contributed by atoms with E-state index < -0.39 is 6.61 Å². The Morgan fingerprint density at radius 1 is 1.26 bits per heavy atom. The van der Waals surface area contributed by atoms with E-state index in [0.717, 1.165) is 31.7 Å². The summed E-state index contributed by atoms with van der Waals surface area (Å²) in [5.74, 6) is 0.226. The lowest BCUT2D eigenvalue weighted by molar-refractivity contribution is -0.0499. The summed E-state index contributed by atoms with van der Waals surface area (Å²) in [7, 11) is 0. The summed E-state index contributed by atoms with van der Waals surface area (Å²) in [4.78, 5) is 2.33. The summed E-state index contributed by atoms with van der Waals surface area (Å²) in [5.41, 5.74) is 1.01. The number of nitrogens with one attached hydrogen (secondary N) is 1. The number of nitrogens with zero attached hydrogens (tertiary/aromatic N) is 1. The van der Waals surface area contributed by atoms with Crippen molar-refractivity contribution < 1.29 is 13.5 Å². The number of ether oxygens (including phenoxy) is 1. The molecule has 0 saturated carbocycles. The second-order valence-electron chi connectivity index (χ2n) is 4.41. The molecule has 1 fully saturated rings. The number of benzene rings is 1. The molecule has 0 radical (unpaired) electrons. The standard InChI is InChI=1S/C13H18F2N2O.ClH/c1-10(17-7-5-16-6-8-17)11-3-2-4-12(9-11)18-13(14)15;/h2-4,9-10,13,16H,5-8H2,1H3;1H/t10-;/m1./s1. The van der Waals surface area contributed by atoms with Crippen molar-refractivity contribution in [1.82, 2.24) is 10.2 Å². The predicted molar refractivity (Wildman–Crippen MR) is 73.2 cm³/mol. The van der Waals surface area contributed by atoms with Crippen molar-refractivity contribution >= 4 is 12.4 Å². The van der Waals surface area contributed by atoms with E-state index in [9.17, 15) is 8.78 Å². The highest BCUT2D eigenvalue weighted by molar-refractivity contribution is 5.85. The van der Waals surface area contributed by atoms with Crippen LogP contribution in [0.1, 0.15) is 18.5 Å². The molecule has 0 amide bonds. The largest absolute Gasteiger partial charge is 0.435 e. The van der Waals surface area contributed by atoms with Gasteiger partial charge in [-0.15, -0.1) is 12.4 Å². The summed E-state index contributed by atoms with van der Waals surface area (Å²) in [6.45, 7) is 3.21. The average molecular weight is 293 g/mol. The van der Waals surface area contributed by atoms with Crippen LogP contribution < -0.4 is 10.1 Å². The normalized spacial score (nSPS) is 17.9. The summed E-state index contributed by atoms with van der Waals surface area (Å²) >= 11 is 0. The van der Waals surface area contributed by atoms with Gasteiger partial charge in [0.2, 0.25) is 0 Å². The Labute approximate surface area is 118 Å². The van der Waals surface area contributed by atoms with Crippen LogP contribution in [0.15, 0.2) is 24.3 Å². The van der Waals surface area contributed by atoms with E-state index >= 15 is 0 Å². The van der Waals surface area contributed by atoms with Crippen LogP contribution in [0.4, 0.5) is 8.78 Å². The van der Waals surface area contributed by atoms with Crippen LogP contribution in [-0.2, 0) is 0 Å². The van der Waals surface area contributed by atoms with Crippen LogP contribution >= 0.6 is 12.4 Å². The quantitative estimate of drug-likeness (QED) is 0.923. The molecule has 1 atom stereocenters. The van der Waals surface area contributed by atoms with Gasteiger partial charge in [-0.2, -0.15) is 8.78 Å². The Bertz CT molecular complexity index is 387. The summed E-state index contributed by atoms with van der Waals surface area (Å²) in [6, 6.07) is 7.17. The molecule has 6 heteroatoms. The van der Waals surface area contributed by atoms with Gasteiger partial charge in [0, 0.05) is 32.2 Å². The molecule has 0 aliphatic carbocycles. The van der Waals surface area contributed by atoms with Gasteiger partial charge in [-0.3, -0.25) is 4.90 Å². The maximum Gasteiger partial charge on any atom is 0.387 e. The fraction of sp³-hybridized carbons (Fsp3) is 0.538. The van der Waals surface area contributed by atoms with Gasteiger partial charge in [0.25, 0.3) is 0 Å². The molecule has 1 aliphatic heterocycles. The Morgan fingerprint density at radius 3 is 2.58 bits per heavy atom. The van der Waals surface area contributed by atoms with Gasteiger partial charge >= 0.3 is 6.61 Å². The molecule has 3 nitrogen and oxygen atoms in total. The Hall–Kier alpha value is -0.910. The van der Waals surface area contributed by atoms with Gasteiger partial charge in [0.1, 0.15) is 5.75 Å². The zero-order valence-electron chi connectivity index (χ0n) is 10.8. The molecule has 0 bridgehead atoms. The molecular formula is C13H19ClF2N2O. The fourth-order valence-electron chi connectivity index (χ4n) is 2.23. The van der Waals surface area contributed by atoms with Gasteiger partial charge < -0.3 is 10.1 Å². The molecule has 19 heavy (non-hydrogen) atoms. The van der Waals surface area contributed by atoms with Gasteiger partial charge in [0.15, 0.2) is 0 Å². The predicted octanol–water partition coefficient (Wildman–Crippen LogP) is 2.68. The highest BCUT2D eigenvalue weighted by Gasteiger charge is 2.18. The lowest BCUT2D eigenvalue weighted by Gasteiger charge is -2.33. The first-order valence-electron chi connectivity index (χ1n) is 6.16. The van der Waals surface area contributed by atoms with Crippen LogP contribution in [0.3, 0.4) is 0 Å². The molecule has 1 saturated heterocycles. The van der Waals surface area contributed by atoms with Crippen LogP contribution in [0.25, 0.3) is 0 Å². The molecule has 1 heterocycles. The second-order valence-corrected chi connectivity index (χ2v) is 4.41. The molecule has 0 unspecified atom stereocenters. The molecule has 1 aromatic carbocycles. The minimum atomic E-state index is -2.77. The van der Waals surface area contributed by atoms with Gasteiger partial charge in [-0.05, 0) is 24.6 Å². The van der Waals surface area contributed by atoms with E-state index in [0.29, 0.717) is 0 Å². The van der Waals surface area contributed by atoms with Crippen LogP contribution in [-0.4, -0.2) is 37.7 Å². The minimum absolute atomic E-state index is 0. The number of piperazine rings is 1. The van der Waals surface area contributed by atoms with Crippen molar-refractivity contribution in [3.63, 3.8) is 0 Å². The highest BCUT2D eigenvalue weighted by atomic mass is 35.5. The SMILES string of the molecule is C[C@H](c1cccc(OC(F)F)c1)N1CCNCC1.Cl. The Morgan fingerprint density at radius 2 is 1.95 bits per heavy atom. The van der Waals surface area contributed by atoms with Crippen LogP contribution in [0.2, 0.25) is 0 Å². The van der Waals surface area contributed by atoms with Gasteiger partial charge in [-0.25, -0.2) is 0 Å². The number of hydrogen-bond acceptors (Lipinski definition) is 3. The third kappa shape index (κ3) is 4.60. The lowest BCUT2D eigenvalue weighted by atomic mass is 10.1. The maximum absolute atomic E-state index is 12.2. The average Bonchev–Trinajstić information content (AvgIpc) is 2.38. The number of halogens is 3. The molecule has 1 N–H and O–H groups in total. The van der Waals surface area contributed by atoms with E-state index in [4.69, 9.17) is 0 Å². The van der Waals surface area contributed by atoms with Crippen LogP contribution in [0, 0.1) is 0 Å². The van der Waals surface area contributed by atoms with Crippen molar-refractivity contribution in [2.45, 2.75) is 19.6 Å². The van der Waals surface area contributed by atoms with Crippen molar-refractivity contribution in [3.8, 4) is 5.75 Å².